The van der Waals surface area contributed by atoms with Gasteiger partial charge in [-0.25, -0.2) is 0 Å². The molecule has 0 N–H and O–H groups in total. The van der Waals surface area contributed by atoms with E-state index >= 15 is 0 Å². The number of furan rings is 1. The molecule has 0 radical (unpaired) electrons. The van der Waals surface area contributed by atoms with E-state index in [9.17, 15) is 11.0 Å². The van der Waals surface area contributed by atoms with E-state index in [-0.39, 0.29) is 0 Å². The Morgan fingerprint density at radius 3 is 1.63 bits per heavy atom. The Morgan fingerprint density at radius 2 is 0.907 bits per heavy atom. The average Bonchev–Trinajstić information content (AvgIpc) is 3.72. The lowest BCUT2D eigenvalue weighted by Gasteiger charge is -2.18. The van der Waals surface area contributed by atoms with E-state index in [2.05, 4.69) is 0 Å². The van der Waals surface area contributed by atoms with E-state index in [4.69, 9.17) is 29.1 Å². The first-order valence-electron chi connectivity index (χ1n) is 25.7. The van der Waals surface area contributed by atoms with Crippen LogP contribution in [0, 0.1) is 0 Å². The van der Waals surface area contributed by atoms with Crippen molar-refractivity contribution in [3.63, 3.8) is 0 Å². The van der Waals surface area contributed by atoms with Crippen LogP contribution in [0.3, 0.4) is 0 Å². The molecule has 9 aromatic rings. The molecule has 0 fully saturated rings. The molecule has 8 aromatic carbocycles. The Hall–Kier alpha value is -5.66. The number of hydrogen-bond donors (Lipinski definition) is 0. The summed E-state index contributed by atoms with van der Waals surface area (Å²) in [4.78, 5) is 0. The maximum atomic E-state index is 9.43. The number of fused-ring (bicyclic) bond motifs is 6. The van der Waals surface area contributed by atoms with Crippen LogP contribution in [0.5, 0.6) is 0 Å². The zero-order chi connectivity index (χ0) is 51.0. The maximum absolute atomic E-state index is 9.43. The van der Waals surface area contributed by atoms with Crippen molar-refractivity contribution in [2.45, 2.75) is 0 Å². The van der Waals surface area contributed by atoms with Gasteiger partial charge in [0, 0.05) is 21.9 Å². The van der Waals surface area contributed by atoms with Gasteiger partial charge in [-0.2, -0.15) is 0 Å². The summed E-state index contributed by atoms with van der Waals surface area (Å²) in [7, 11) is 0. The second kappa shape index (κ2) is 9.44. The second-order valence-electron chi connectivity index (χ2n) is 9.26. The van der Waals surface area contributed by atoms with E-state index in [0.717, 1.165) is 0 Å². The molecule has 0 amide bonds. The first-order valence-corrected chi connectivity index (χ1v) is 12.7. The van der Waals surface area contributed by atoms with Gasteiger partial charge in [-0.05, 0) is 66.7 Å². The summed E-state index contributed by atoms with van der Waals surface area (Å²) in [5, 5.41) is -5.10. The van der Waals surface area contributed by atoms with Gasteiger partial charge in [0.15, 0.2) is 0 Å². The molecule has 0 saturated heterocycles. The van der Waals surface area contributed by atoms with Crippen LogP contribution in [0.25, 0.3) is 87.6 Å². The van der Waals surface area contributed by atoms with Crippen LogP contribution in [0.15, 0.2) is 162 Å². The zero-order valence-electron chi connectivity index (χ0n) is 47.4. The smallest absolute Gasteiger partial charge is 0.143 e. The predicted molar refractivity (Wildman–Crippen MR) is 183 cm³/mol. The van der Waals surface area contributed by atoms with Crippen LogP contribution in [0.2, 0.25) is 0 Å². The van der Waals surface area contributed by atoms with E-state index in [1.165, 1.54) is 0 Å². The normalized spacial score (nSPS) is 20.2. The molecule has 0 unspecified atom stereocenters. The number of benzene rings is 8. The van der Waals surface area contributed by atoms with Crippen LogP contribution in [0.4, 0.5) is 0 Å². The summed E-state index contributed by atoms with van der Waals surface area (Å²) < 4.78 is 238. The van der Waals surface area contributed by atoms with Crippen LogP contribution in [0.1, 0.15) is 35.6 Å². The van der Waals surface area contributed by atoms with Crippen LogP contribution >= 0.6 is 0 Å². The largest absolute Gasteiger partial charge is 0.455 e. The van der Waals surface area contributed by atoms with Gasteiger partial charge < -0.3 is 4.42 Å². The van der Waals surface area contributed by atoms with Gasteiger partial charge >= 0.3 is 0 Å². The fourth-order valence-corrected chi connectivity index (χ4v) is 5.22. The summed E-state index contributed by atoms with van der Waals surface area (Å²) >= 11 is 0. The molecule has 0 aliphatic heterocycles. The highest BCUT2D eigenvalue weighted by atomic mass is 16.3. The molecule has 200 valence electrons. The van der Waals surface area contributed by atoms with Gasteiger partial charge in [-0.15, -0.1) is 0 Å². The zero-order valence-corrected chi connectivity index (χ0v) is 21.4. The minimum atomic E-state index is -0.972. The maximum Gasteiger partial charge on any atom is 0.143 e. The molecule has 0 saturated carbocycles. The van der Waals surface area contributed by atoms with Crippen LogP contribution in [-0.2, 0) is 0 Å². The van der Waals surface area contributed by atoms with Gasteiger partial charge in [0.1, 0.15) is 11.2 Å². The monoisotopic (exact) mass is 572 g/mol. The highest BCUT2D eigenvalue weighted by Crippen LogP contribution is 2.47. The molecule has 1 aromatic heterocycles. The minimum Gasteiger partial charge on any atom is -0.455 e. The molecule has 0 atom stereocenters. The van der Waals surface area contributed by atoms with Gasteiger partial charge in [0.2, 0.25) is 0 Å². The summed E-state index contributed by atoms with van der Waals surface area (Å²) in [5.41, 5.74) is -5.48. The van der Waals surface area contributed by atoms with Gasteiger partial charge in [-0.1, -0.05) is 145 Å². The van der Waals surface area contributed by atoms with Gasteiger partial charge in [0.25, 0.3) is 0 Å². The summed E-state index contributed by atoms with van der Waals surface area (Å²) in [6.45, 7) is 0. The Kier molecular flexibility index (Phi) is 2.13. The lowest BCUT2D eigenvalue weighted by molar-refractivity contribution is 0.670. The van der Waals surface area contributed by atoms with E-state index < -0.39 is 245 Å². The third-order valence-corrected chi connectivity index (χ3v) is 7.00. The number of rotatable bonds is 3. The van der Waals surface area contributed by atoms with Crippen molar-refractivity contribution in [3.8, 4) is 33.4 Å². The summed E-state index contributed by atoms with van der Waals surface area (Å²) in [5.74, 6) is 0. The second-order valence-corrected chi connectivity index (χ2v) is 9.26. The highest BCUT2D eigenvalue weighted by Gasteiger charge is 2.21. The first-order chi connectivity index (χ1) is 32.2. The topological polar surface area (TPSA) is 13.1 Å². The molecule has 0 spiro atoms. The fraction of sp³-hybridized carbons (Fsp3) is 0. The number of hydrogen-bond acceptors (Lipinski definition) is 1. The Balaban J connectivity index is 1.63. The van der Waals surface area contributed by atoms with Crippen molar-refractivity contribution in [1.82, 2.24) is 0 Å². The lowest BCUT2D eigenvalue weighted by Crippen LogP contribution is -1.91. The third kappa shape index (κ3) is 3.65. The SMILES string of the molecule is [2H]c1c([2H])c([2H])c(-c2c([2H])c([2H])c3c(oc4c(-c5c6c([2H])c([2H])c([2H])c([2H])c6c(-c6c([2H])c([2H])c([2H])c7c([2H])c([2H])c([2H])c([2H])c67)c6c([2H])c([2H])c([2H])c([2H])c56)c([2H])c([2H])c([2H])c43)c2[2H])c([2H])c1[2H]. The summed E-state index contributed by atoms with van der Waals surface area (Å²) in [6, 6.07) is -23.5. The Bertz CT molecular complexity index is 3850. The van der Waals surface area contributed by atoms with E-state index in [1.807, 2.05) is 0 Å². The van der Waals surface area contributed by atoms with Crippen molar-refractivity contribution in [2.75, 3.05) is 0 Å². The molecule has 0 aliphatic rings. The first kappa shape index (κ1) is 9.69. The average molecular weight is 573 g/mol. The molecule has 1 nitrogen and oxygen atoms in total. The minimum absolute atomic E-state index is 0.525. The van der Waals surface area contributed by atoms with Crippen LogP contribution in [-0.4, -0.2) is 0 Å². The van der Waals surface area contributed by atoms with Crippen molar-refractivity contribution < 1.29 is 40.1 Å². The predicted octanol–water partition coefficient (Wildman–Crippen LogP) is 12.0. The van der Waals surface area contributed by atoms with Gasteiger partial charge in [0.05, 0.1) is 35.6 Å². The van der Waals surface area contributed by atoms with E-state index in [1.54, 1.807) is 0 Å². The quantitative estimate of drug-likeness (QED) is 0.192. The third-order valence-electron chi connectivity index (χ3n) is 7.00. The van der Waals surface area contributed by atoms with Gasteiger partial charge in [-0.3, -0.25) is 0 Å². The van der Waals surface area contributed by atoms with Crippen molar-refractivity contribution in [1.29, 1.82) is 0 Å². The highest BCUT2D eigenvalue weighted by molar-refractivity contribution is 6.25. The molecule has 43 heavy (non-hydrogen) atoms. The lowest BCUT2D eigenvalue weighted by atomic mass is 9.84. The standard InChI is InChI=1S/C42H26O/c1-2-12-27(13-3-1)29-24-25-31-37-22-11-23-38(42(37)43-39(31)26-29)41-35-19-8-6-17-33(35)40(34-18-7-9-20-36(34)41)32-21-10-15-28-14-4-5-16-30(28)32/h1-26H/i1D,2D,3D,4D,5D,6D,7D,8D,9D,10D,11D,12D,13D,14D,15D,16D,17D,18D,19D,20D,21D,22D,23D,24D,25D,26D. The Morgan fingerprint density at radius 1 is 0.372 bits per heavy atom. The molecule has 0 bridgehead atoms. The Labute approximate surface area is 285 Å². The van der Waals surface area contributed by atoms with E-state index in [0.29, 0.717) is 0 Å². The summed E-state index contributed by atoms with van der Waals surface area (Å²) in [6.07, 6.45) is 0. The number of para-hydroxylation sites is 1. The van der Waals surface area contributed by atoms with Crippen molar-refractivity contribution in [3.05, 3.63) is 157 Å². The van der Waals surface area contributed by atoms with Crippen molar-refractivity contribution in [2.24, 2.45) is 0 Å². The molecular weight excluding hydrogens is 520 g/mol. The fourth-order valence-electron chi connectivity index (χ4n) is 5.22. The molecule has 1 heterocycles. The molecule has 0 aliphatic carbocycles. The molecule has 9 rings (SSSR count). The van der Waals surface area contributed by atoms with Crippen LogP contribution < -0.4 is 0 Å². The van der Waals surface area contributed by atoms with Crippen molar-refractivity contribution >= 4 is 54.3 Å². The molecular formula is C42H26O. The molecule has 1 heteroatoms.